The Morgan fingerprint density at radius 1 is 1.38 bits per heavy atom. The molecule has 0 saturated heterocycles. The first-order valence-electron chi connectivity index (χ1n) is 7.22. The maximum atomic E-state index is 13.6. The van der Waals surface area contributed by atoms with Crippen LogP contribution in [-0.4, -0.2) is 26.3 Å². The topological polar surface area (TPSA) is 54.9 Å². The summed E-state index contributed by atoms with van der Waals surface area (Å²) in [5, 5.41) is 6.47. The molecule has 1 aromatic rings. The second-order valence-corrected chi connectivity index (χ2v) is 5.41. The van der Waals surface area contributed by atoms with E-state index in [9.17, 15) is 4.39 Å². The summed E-state index contributed by atoms with van der Waals surface area (Å²) in [6.07, 6.45) is 2.57. The fourth-order valence-corrected chi connectivity index (χ4v) is 2.35. The summed E-state index contributed by atoms with van der Waals surface area (Å²) >= 11 is 0. The summed E-state index contributed by atoms with van der Waals surface area (Å²) in [6, 6.07) is 2.95. The molecule has 2 N–H and O–H groups in total. The normalized spacial score (nSPS) is 17.9. The van der Waals surface area contributed by atoms with Crippen molar-refractivity contribution >= 4 is 5.96 Å². The fourth-order valence-electron chi connectivity index (χ4n) is 2.35. The molecule has 114 valence electrons. The predicted octanol–water partition coefficient (Wildman–Crippen LogP) is 1.77. The van der Waals surface area contributed by atoms with Crippen molar-refractivity contribution in [3.05, 3.63) is 29.1 Å². The number of nitrogens with one attached hydrogen (secondary N) is 2. The van der Waals surface area contributed by atoms with Gasteiger partial charge in [-0.3, -0.25) is 4.99 Å². The summed E-state index contributed by atoms with van der Waals surface area (Å²) in [5.41, 5.74) is 1.53. The lowest BCUT2D eigenvalue weighted by Crippen LogP contribution is -2.38. The van der Waals surface area contributed by atoms with Gasteiger partial charge in [-0.15, -0.1) is 0 Å². The number of halogens is 1. The zero-order valence-corrected chi connectivity index (χ0v) is 12.1. The number of hydrogen-bond donors (Lipinski definition) is 2. The summed E-state index contributed by atoms with van der Waals surface area (Å²) in [7, 11) is 1.73. The number of fused-ring (bicyclic) bond motifs is 1. The Morgan fingerprint density at radius 3 is 3.00 bits per heavy atom. The number of nitrogens with zero attached hydrogens (tertiary/aromatic N) is 1. The highest BCUT2D eigenvalue weighted by Gasteiger charge is 2.21. The molecule has 1 aliphatic carbocycles. The first-order chi connectivity index (χ1) is 10.3. The van der Waals surface area contributed by atoms with Crippen molar-refractivity contribution in [2.24, 2.45) is 10.9 Å². The maximum absolute atomic E-state index is 13.6. The molecule has 0 radical (unpaired) electrons. The van der Waals surface area contributed by atoms with Gasteiger partial charge in [0.1, 0.15) is 11.6 Å². The summed E-state index contributed by atoms with van der Waals surface area (Å²) in [5.74, 6) is 1.94. The lowest BCUT2D eigenvalue weighted by molar-refractivity contribution is -0.0172. The van der Waals surface area contributed by atoms with Gasteiger partial charge in [0.05, 0.1) is 6.61 Å². The van der Waals surface area contributed by atoms with Gasteiger partial charge >= 0.3 is 0 Å². The number of benzene rings is 1. The molecule has 3 rings (SSSR count). The molecule has 0 bridgehead atoms. The number of rotatable bonds is 4. The highest BCUT2D eigenvalue weighted by atomic mass is 19.1. The van der Waals surface area contributed by atoms with Gasteiger partial charge in [0.2, 0.25) is 0 Å². The molecular weight excluding hydrogens is 273 g/mol. The first kappa shape index (κ1) is 14.1. The highest BCUT2D eigenvalue weighted by molar-refractivity contribution is 5.79. The molecular formula is C15H20FN3O2. The van der Waals surface area contributed by atoms with Crippen LogP contribution in [0.25, 0.3) is 0 Å². The van der Waals surface area contributed by atoms with E-state index < -0.39 is 0 Å². The van der Waals surface area contributed by atoms with Gasteiger partial charge in [0.15, 0.2) is 12.8 Å². The number of ether oxygens (including phenoxy) is 2. The fraction of sp³-hybridized carbons (Fsp3) is 0.533. The molecule has 0 amide bonds. The van der Waals surface area contributed by atoms with Gasteiger partial charge in [0.25, 0.3) is 0 Å². The summed E-state index contributed by atoms with van der Waals surface area (Å²) in [6.45, 7) is 1.99. The van der Waals surface area contributed by atoms with E-state index in [1.54, 1.807) is 7.05 Å². The Hall–Kier alpha value is -1.82. The molecule has 0 spiro atoms. The van der Waals surface area contributed by atoms with E-state index in [0.717, 1.165) is 29.5 Å². The van der Waals surface area contributed by atoms with Crippen LogP contribution in [0.4, 0.5) is 4.39 Å². The van der Waals surface area contributed by atoms with Crippen molar-refractivity contribution in [1.29, 1.82) is 0 Å². The van der Waals surface area contributed by atoms with E-state index in [0.29, 0.717) is 18.9 Å². The Bertz CT molecular complexity index is 544. The van der Waals surface area contributed by atoms with E-state index in [2.05, 4.69) is 15.6 Å². The van der Waals surface area contributed by atoms with Crippen molar-refractivity contribution in [1.82, 2.24) is 10.6 Å². The lowest BCUT2D eigenvalue weighted by Gasteiger charge is -2.21. The van der Waals surface area contributed by atoms with E-state index >= 15 is 0 Å². The van der Waals surface area contributed by atoms with Gasteiger partial charge in [-0.05, 0) is 30.9 Å². The molecule has 5 nitrogen and oxygen atoms in total. The lowest BCUT2D eigenvalue weighted by atomic mass is 10.1. The number of hydrogen-bond acceptors (Lipinski definition) is 3. The quantitative estimate of drug-likeness (QED) is 0.656. The van der Waals surface area contributed by atoms with Crippen molar-refractivity contribution in [2.75, 3.05) is 20.4 Å². The van der Waals surface area contributed by atoms with Gasteiger partial charge in [0, 0.05) is 31.3 Å². The zero-order valence-electron chi connectivity index (χ0n) is 12.1. The van der Waals surface area contributed by atoms with Crippen LogP contribution >= 0.6 is 0 Å². The predicted molar refractivity (Wildman–Crippen MR) is 77.6 cm³/mol. The number of aliphatic imine (C=N–C) groups is 1. The van der Waals surface area contributed by atoms with Crippen molar-refractivity contribution < 1.29 is 13.9 Å². The molecule has 1 aliphatic heterocycles. The average Bonchev–Trinajstić information content (AvgIpc) is 3.31. The molecule has 1 heterocycles. The maximum Gasteiger partial charge on any atom is 0.191 e. The van der Waals surface area contributed by atoms with E-state index in [-0.39, 0.29) is 12.6 Å². The first-order valence-corrected chi connectivity index (χ1v) is 7.22. The second kappa shape index (κ2) is 6.30. The third-order valence-corrected chi connectivity index (χ3v) is 3.68. The second-order valence-electron chi connectivity index (χ2n) is 5.41. The average molecular weight is 293 g/mol. The minimum Gasteiger partial charge on any atom is -0.467 e. The molecule has 6 heteroatoms. The molecule has 21 heavy (non-hydrogen) atoms. The van der Waals surface area contributed by atoms with Crippen molar-refractivity contribution in [3.8, 4) is 5.75 Å². The SMILES string of the molecule is CN=C(NCc1cc(F)cc2c1OCOC2)NCC1CC1. The smallest absolute Gasteiger partial charge is 0.191 e. The van der Waals surface area contributed by atoms with E-state index in [1.165, 1.54) is 25.0 Å². The highest BCUT2D eigenvalue weighted by Crippen LogP contribution is 2.29. The molecule has 0 aromatic heterocycles. The third kappa shape index (κ3) is 3.64. The Kier molecular flexibility index (Phi) is 4.24. The van der Waals surface area contributed by atoms with Gasteiger partial charge < -0.3 is 20.1 Å². The standard InChI is InChI=1S/C15H20FN3O2/c1-17-15(18-6-10-2-3-10)19-7-11-4-13(16)5-12-8-20-9-21-14(11)12/h4-5,10H,2-3,6-9H2,1H3,(H2,17,18,19). The minimum atomic E-state index is -0.277. The largest absolute Gasteiger partial charge is 0.467 e. The molecule has 1 fully saturated rings. The Morgan fingerprint density at radius 2 is 2.24 bits per heavy atom. The van der Waals surface area contributed by atoms with Gasteiger partial charge in [-0.2, -0.15) is 0 Å². The van der Waals surface area contributed by atoms with Crippen LogP contribution in [0.5, 0.6) is 5.75 Å². The van der Waals surface area contributed by atoms with Gasteiger partial charge in [-0.25, -0.2) is 4.39 Å². The molecule has 0 atom stereocenters. The minimum absolute atomic E-state index is 0.209. The van der Waals surface area contributed by atoms with E-state index in [1.807, 2.05) is 0 Å². The van der Waals surface area contributed by atoms with Crippen LogP contribution in [0.15, 0.2) is 17.1 Å². The molecule has 0 unspecified atom stereocenters. The molecule has 1 saturated carbocycles. The number of guanidine groups is 1. The van der Waals surface area contributed by atoms with Crippen molar-refractivity contribution in [2.45, 2.75) is 26.0 Å². The van der Waals surface area contributed by atoms with Crippen molar-refractivity contribution in [3.63, 3.8) is 0 Å². The van der Waals surface area contributed by atoms with Crippen LogP contribution in [0.1, 0.15) is 24.0 Å². The molecule has 1 aromatic carbocycles. The van der Waals surface area contributed by atoms with Crippen LogP contribution in [0.3, 0.4) is 0 Å². The van der Waals surface area contributed by atoms with Crippen LogP contribution in [0, 0.1) is 11.7 Å². The summed E-state index contributed by atoms with van der Waals surface area (Å²) < 4.78 is 24.3. The molecule has 2 aliphatic rings. The van der Waals surface area contributed by atoms with Crippen LogP contribution in [0.2, 0.25) is 0 Å². The van der Waals surface area contributed by atoms with E-state index in [4.69, 9.17) is 9.47 Å². The van der Waals surface area contributed by atoms with Crippen LogP contribution < -0.4 is 15.4 Å². The zero-order chi connectivity index (χ0) is 14.7. The van der Waals surface area contributed by atoms with Gasteiger partial charge in [-0.1, -0.05) is 0 Å². The summed E-state index contributed by atoms with van der Waals surface area (Å²) in [4.78, 5) is 4.17. The third-order valence-electron chi connectivity index (χ3n) is 3.68. The monoisotopic (exact) mass is 293 g/mol. The van der Waals surface area contributed by atoms with Crippen LogP contribution in [-0.2, 0) is 17.9 Å². The Balaban J connectivity index is 1.64. The Labute approximate surface area is 123 Å².